The van der Waals surface area contributed by atoms with E-state index in [0.717, 1.165) is 26.0 Å². The lowest BCUT2D eigenvalue weighted by Crippen LogP contribution is -2.34. The Kier molecular flexibility index (Phi) is 5.26. The lowest BCUT2D eigenvalue weighted by Gasteiger charge is -2.21. The molecular formula is C16H19ClN2OS. The summed E-state index contributed by atoms with van der Waals surface area (Å²) in [6.45, 7) is 7.19. The number of urea groups is 1. The van der Waals surface area contributed by atoms with E-state index in [-0.39, 0.29) is 6.03 Å². The van der Waals surface area contributed by atoms with E-state index >= 15 is 0 Å². The molecule has 21 heavy (non-hydrogen) atoms. The van der Waals surface area contributed by atoms with E-state index in [4.69, 9.17) is 11.6 Å². The van der Waals surface area contributed by atoms with Gasteiger partial charge in [0, 0.05) is 17.1 Å². The molecule has 2 amide bonds. The number of nitrogens with one attached hydrogen (secondary N) is 1. The Bertz CT molecular complexity index is 639. The lowest BCUT2D eigenvalue weighted by molar-refractivity contribution is 0.212. The minimum Gasteiger partial charge on any atom is -0.320 e. The quantitative estimate of drug-likeness (QED) is 0.837. The molecule has 0 aliphatic heterocycles. The summed E-state index contributed by atoms with van der Waals surface area (Å²) < 4.78 is 0.746. The first-order valence-electron chi connectivity index (χ1n) is 6.87. The Morgan fingerprint density at radius 1 is 1.29 bits per heavy atom. The first-order chi connectivity index (χ1) is 9.99. The van der Waals surface area contributed by atoms with E-state index in [9.17, 15) is 4.79 Å². The van der Waals surface area contributed by atoms with Crippen LogP contribution >= 0.6 is 22.9 Å². The molecule has 2 rings (SSSR count). The number of hydrogen-bond donors (Lipinski definition) is 1. The van der Waals surface area contributed by atoms with Gasteiger partial charge in [-0.05, 0) is 50.1 Å². The fraction of sp³-hybridized carbons (Fsp3) is 0.312. The number of thiophene rings is 1. The number of hydrogen-bond acceptors (Lipinski definition) is 2. The minimum atomic E-state index is -0.0873. The van der Waals surface area contributed by atoms with Crippen molar-refractivity contribution in [2.45, 2.75) is 27.3 Å². The molecule has 1 N–H and O–H groups in total. The van der Waals surface area contributed by atoms with Crippen molar-refractivity contribution in [3.05, 3.63) is 50.7 Å². The first kappa shape index (κ1) is 15.9. The number of carbonyl (C=O) groups is 1. The molecule has 0 saturated heterocycles. The summed E-state index contributed by atoms with van der Waals surface area (Å²) >= 11 is 7.44. The summed E-state index contributed by atoms with van der Waals surface area (Å²) in [7, 11) is 0. The molecule has 0 radical (unpaired) electrons. The SMILES string of the molecule is CCN(Cc1ccc(Cl)s1)C(=O)Nc1cc(C)ccc1C. The van der Waals surface area contributed by atoms with Gasteiger partial charge in [-0.3, -0.25) is 0 Å². The van der Waals surface area contributed by atoms with Crippen LogP contribution < -0.4 is 5.32 Å². The van der Waals surface area contributed by atoms with E-state index < -0.39 is 0 Å². The number of benzene rings is 1. The summed E-state index contributed by atoms with van der Waals surface area (Å²) in [5, 5.41) is 2.99. The highest BCUT2D eigenvalue weighted by molar-refractivity contribution is 7.16. The van der Waals surface area contributed by atoms with Crippen molar-refractivity contribution in [1.82, 2.24) is 4.90 Å². The largest absolute Gasteiger partial charge is 0.322 e. The molecular weight excluding hydrogens is 304 g/mol. The van der Waals surface area contributed by atoms with Crippen LogP contribution in [0, 0.1) is 13.8 Å². The van der Waals surface area contributed by atoms with Crippen LogP contribution in [-0.4, -0.2) is 17.5 Å². The molecule has 0 fully saturated rings. The van der Waals surface area contributed by atoms with Crippen LogP contribution in [0.5, 0.6) is 0 Å². The van der Waals surface area contributed by atoms with E-state index in [1.54, 1.807) is 4.90 Å². The summed E-state index contributed by atoms with van der Waals surface area (Å²) in [4.78, 5) is 15.3. The van der Waals surface area contributed by atoms with Gasteiger partial charge in [0.15, 0.2) is 0 Å². The average molecular weight is 323 g/mol. The van der Waals surface area contributed by atoms with Gasteiger partial charge in [0.05, 0.1) is 10.9 Å². The smallest absolute Gasteiger partial charge is 0.320 e. The number of carbonyl (C=O) groups excluding carboxylic acids is 1. The number of amides is 2. The van der Waals surface area contributed by atoms with Crippen LogP contribution in [0.15, 0.2) is 30.3 Å². The number of rotatable bonds is 4. The van der Waals surface area contributed by atoms with E-state index in [2.05, 4.69) is 5.32 Å². The van der Waals surface area contributed by atoms with Gasteiger partial charge >= 0.3 is 6.03 Å². The van der Waals surface area contributed by atoms with E-state index in [1.165, 1.54) is 11.3 Å². The molecule has 0 aliphatic rings. The molecule has 0 spiro atoms. The van der Waals surface area contributed by atoms with Gasteiger partial charge in [0.1, 0.15) is 0 Å². The summed E-state index contributed by atoms with van der Waals surface area (Å²) in [5.74, 6) is 0. The Balaban J connectivity index is 2.07. The normalized spacial score (nSPS) is 10.5. The van der Waals surface area contributed by atoms with Gasteiger partial charge in [-0.1, -0.05) is 23.7 Å². The highest BCUT2D eigenvalue weighted by Crippen LogP contribution is 2.23. The van der Waals surface area contributed by atoms with Crippen molar-refractivity contribution in [2.75, 3.05) is 11.9 Å². The molecule has 0 saturated carbocycles. The van der Waals surface area contributed by atoms with Crippen molar-refractivity contribution in [3.8, 4) is 0 Å². The molecule has 112 valence electrons. The number of halogens is 1. The molecule has 0 aliphatic carbocycles. The Labute approximate surface area is 134 Å². The molecule has 1 aromatic carbocycles. The predicted molar refractivity (Wildman–Crippen MR) is 90.3 cm³/mol. The third-order valence-corrected chi connectivity index (χ3v) is 4.50. The highest BCUT2D eigenvalue weighted by Gasteiger charge is 2.14. The third kappa shape index (κ3) is 4.22. The molecule has 0 bridgehead atoms. The average Bonchev–Trinajstić information content (AvgIpc) is 2.85. The second-order valence-corrected chi connectivity index (χ2v) is 6.77. The van der Waals surface area contributed by atoms with Crippen LogP contribution in [0.1, 0.15) is 22.9 Å². The second-order valence-electron chi connectivity index (χ2n) is 4.97. The van der Waals surface area contributed by atoms with Crippen LogP contribution in [-0.2, 0) is 6.54 Å². The third-order valence-electron chi connectivity index (χ3n) is 3.28. The summed E-state index contributed by atoms with van der Waals surface area (Å²) in [6.07, 6.45) is 0. The van der Waals surface area contributed by atoms with Crippen molar-refractivity contribution >= 4 is 34.7 Å². The minimum absolute atomic E-state index is 0.0873. The number of anilines is 1. The second kappa shape index (κ2) is 6.96. The van der Waals surface area contributed by atoms with Gasteiger partial charge in [0.25, 0.3) is 0 Å². The monoisotopic (exact) mass is 322 g/mol. The summed E-state index contributed by atoms with van der Waals surface area (Å²) in [6, 6.07) is 9.77. The van der Waals surface area contributed by atoms with Gasteiger partial charge in [-0.25, -0.2) is 4.79 Å². The molecule has 1 heterocycles. The topological polar surface area (TPSA) is 32.3 Å². The lowest BCUT2D eigenvalue weighted by atomic mass is 10.1. The highest BCUT2D eigenvalue weighted by atomic mass is 35.5. The zero-order valence-corrected chi connectivity index (χ0v) is 14.0. The number of nitrogens with zero attached hydrogens (tertiary/aromatic N) is 1. The van der Waals surface area contributed by atoms with Crippen molar-refractivity contribution in [2.24, 2.45) is 0 Å². The number of aryl methyl sites for hydroxylation is 2. The molecule has 0 atom stereocenters. The molecule has 0 unspecified atom stereocenters. The zero-order chi connectivity index (χ0) is 15.4. The van der Waals surface area contributed by atoms with Gasteiger partial charge in [-0.15, -0.1) is 11.3 Å². The van der Waals surface area contributed by atoms with Gasteiger partial charge in [-0.2, -0.15) is 0 Å². The van der Waals surface area contributed by atoms with Crippen molar-refractivity contribution < 1.29 is 4.79 Å². The zero-order valence-electron chi connectivity index (χ0n) is 12.4. The first-order valence-corrected chi connectivity index (χ1v) is 8.06. The van der Waals surface area contributed by atoms with Crippen LogP contribution in [0.25, 0.3) is 0 Å². The fourth-order valence-electron chi connectivity index (χ4n) is 2.02. The Hall–Kier alpha value is -1.52. The van der Waals surface area contributed by atoms with E-state index in [0.29, 0.717) is 13.1 Å². The van der Waals surface area contributed by atoms with Crippen LogP contribution in [0.3, 0.4) is 0 Å². The predicted octanol–water partition coefficient (Wildman–Crippen LogP) is 5.07. The van der Waals surface area contributed by atoms with Gasteiger partial charge < -0.3 is 10.2 Å². The Morgan fingerprint density at radius 3 is 2.67 bits per heavy atom. The Morgan fingerprint density at radius 2 is 2.05 bits per heavy atom. The van der Waals surface area contributed by atoms with Crippen molar-refractivity contribution in [1.29, 1.82) is 0 Å². The van der Waals surface area contributed by atoms with Crippen LogP contribution in [0.4, 0.5) is 10.5 Å². The fourth-order valence-corrected chi connectivity index (χ4v) is 3.12. The molecule has 1 aromatic heterocycles. The van der Waals surface area contributed by atoms with E-state index in [1.807, 2.05) is 51.1 Å². The maximum Gasteiger partial charge on any atom is 0.322 e. The van der Waals surface area contributed by atoms with Gasteiger partial charge in [0.2, 0.25) is 0 Å². The summed E-state index contributed by atoms with van der Waals surface area (Å²) in [5.41, 5.74) is 3.05. The van der Waals surface area contributed by atoms with Crippen LogP contribution in [0.2, 0.25) is 4.34 Å². The standard InChI is InChI=1S/C16H19ClN2OS/c1-4-19(10-13-7-8-15(17)21-13)16(20)18-14-9-11(2)5-6-12(14)3/h5-9H,4,10H2,1-3H3,(H,18,20). The molecule has 3 nitrogen and oxygen atoms in total. The molecule has 2 aromatic rings. The maximum absolute atomic E-state index is 12.4. The maximum atomic E-state index is 12.4. The van der Waals surface area contributed by atoms with Crippen molar-refractivity contribution in [3.63, 3.8) is 0 Å². The molecule has 5 heteroatoms.